The molecule has 1 N–H and O–H groups in total. The summed E-state index contributed by atoms with van der Waals surface area (Å²) in [5, 5.41) is 0. The van der Waals surface area contributed by atoms with Gasteiger partial charge in [-0.2, -0.15) is 0 Å². The molecule has 0 radical (unpaired) electrons. The van der Waals surface area contributed by atoms with Crippen molar-refractivity contribution >= 4 is 31.6 Å². The lowest BCUT2D eigenvalue weighted by Crippen LogP contribution is -2.15. The highest BCUT2D eigenvalue weighted by atomic mass is 79.9. The molecule has 23 heavy (non-hydrogen) atoms. The molecule has 3 nitrogen and oxygen atoms in total. The summed E-state index contributed by atoms with van der Waals surface area (Å²) < 4.78 is 28.8. The maximum absolute atomic E-state index is 12.6. The maximum Gasteiger partial charge on any atom is 0.262 e. The molecule has 0 atom stereocenters. The molecule has 2 rings (SSSR count). The Morgan fingerprint density at radius 3 is 2.17 bits per heavy atom. The number of anilines is 1. The number of aryl methyl sites for hydroxylation is 1. The summed E-state index contributed by atoms with van der Waals surface area (Å²) in [5.41, 5.74) is 2.57. The fraction of sp³-hybridized carbons (Fsp3) is 0.333. The van der Waals surface area contributed by atoms with Crippen molar-refractivity contribution < 1.29 is 8.42 Å². The van der Waals surface area contributed by atoms with Gasteiger partial charge in [-0.1, -0.05) is 55.8 Å². The van der Waals surface area contributed by atoms with Crippen molar-refractivity contribution in [2.24, 2.45) is 0 Å². The van der Waals surface area contributed by atoms with Crippen LogP contribution < -0.4 is 4.72 Å². The zero-order chi connectivity index (χ0) is 17.3. The van der Waals surface area contributed by atoms with Crippen LogP contribution in [0.25, 0.3) is 0 Å². The molecule has 2 aromatic rings. The number of hydrogen-bond donors (Lipinski definition) is 1. The van der Waals surface area contributed by atoms with Gasteiger partial charge in [0.15, 0.2) is 0 Å². The molecular formula is C18H22BrNO2S. The Labute approximate surface area is 147 Å². The van der Waals surface area contributed by atoms with Gasteiger partial charge in [0, 0.05) is 10.2 Å². The Bertz CT molecular complexity index is 791. The molecule has 0 spiro atoms. The van der Waals surface area contributed by atoms with Gasteiger partial charge >= 0.3 is 0 Å². The van der Waals surface area contributed by atoms with Crippen molar-refractivity contribution in [1.82, 2.24) is 0 Å². The Balaban J connectivity index is 2.32. The molecule has 2 aromatic carbocycles. The van der Waals surface area contributed by atoms with E-state index in [0.717, 1.165) is 10.0 Å². The molecular weight excluding hydrogens is 374 g/mol. The SMILES string of the molecule is CCc1cc(Br)ccc1S(=O)(=O)Nc1ccc(C(C)(C)C)cc1. The van der Waals surface area contributed by atoms with Crippen molar-refractivity contribution in [2.75, 3.05) is 4.72 Å². The van der Waals surface area contributed by atoms with E-state index >= 15 is 0 Å². The lowest BCUT2D eigenvalue weighted by molar-refractivity contribution is 0.590. The van der Waals surface area contributed by atoms with Crippen LogP contribution in [0, 0.1) is 0 Å². The van der Waals surface area contributed by atoms with Crippen molar-refractivity contribution in [3.8, 4) is 0 Å². The topological polar surface area (TPSA) is 46.2 Å². The monoisotopic (exact) mass is 395 g/mol. The van der Waals surface area contributed by atoms with Gasteiger partial charge in [0.1, 0.15) is 0 Å². The summed E-state index contributed by atoms with van der Waals surface area (Å²) in [7, 11) is -3.59. The third kappa shape index (κ3) is 4.36. The minimum atomic E-state index is -3.59. The Hall–Kier alpha value is -1.33. The average Bonchev–Trinajstić information content (AvgIpc) is 2.46. The molecule has 0 saturated carbocycles. The number of hydrogen-bond acceptors (Lipinski definition) is 2. The van der Waals surface area contributed by atoms with Crippen LogP contribution in [0.4, 0.5) is 5.69 Å². The van der Waals surface area contributed by atoms with Crippen molar-refractivity contribution in [1.29, 1.82) is 0 Å². The third-order valence-electron chi connectivity index (χ3n) is 3.70. The van der Waals surface area contributed by atoms with E-state index in [1.807, 2.05) is 37.3 Å². The quantitative estimate of drug-likeness (QED) is 0.781. The molecule has 0 heterocycles. The van der Waals surface area contributed by atoms with Crippen molar-refractivity contribution in [3.63, 3.8) is 0 Å². The summed E-state index contributed by atoms with van der Waals surface area (Å²) in [6.07, 6.45) is 0.651. The molecule has 0 unspecified atom stereocenters. The molecule has 5 heteroatoms. The van der Waals surface area contributed by atoms with E-state index in [-0.39, 0.29) is 5.41 Å². The van der Waals surface area contributed by atoms with E-state index in [4.69, 9.17) is 0 Å². The summed E-state index contributed by atoms with van der Waals surface area (Å²) in [6.45, 7) is 8.32. The molecule has 0 saturated heterocycles. The first kappa shape index (κ1) is 18.0. The van der Waals surface area contributed by atoms with Crippen LogP contribution in [-0.2, 0) is 21.9 Å². The summed E-state index contributed by atoms with van der Waals surface area (Å²) in [4.78, 5) is 0.322. The van der Waals surface area contributed by atoms with Crippen LogP contribution in [0.1, 0.15) is 38.8 Å². The van der Waals surface area contributed by atoms with Gasteiger partial charge in [0.05, 0.1) is 4.90 Å². The Morgan fingerprint density at radius 1 is 1.04 bits per heavy atom. The molecule has 124 valence electrons. The Kier molecular flexibility index (Phi) is 5.21. The standard InChI is InChI=1S/C18H22BrNO2S/c1-5-13-12-15(19)8-11-17(13)23(21,22)20-16-9-6-14(7-10-16)18(2,3)4/h6-12,20H,5H2,1-4H3. The molecule has 0 aromatic heterocycles. The third-order valence-corrected chi connectivity index (χ3v) is 5.67. The van der Waals surface area contributed by atoms with E-state index in [2.05, 4.69) is 41.4 Å². The smallest absolute Gasteiger partial charge is 0.262 e. The first-order valence-corrected chi connectivity index (χ1v) is 9.83. The van der Waals surface area contributed by atoms with Crippen LogP contribution in [0.2, 0.25) is 0 Å². The lowest BCUT2D eigenvalue weighted by atomic mass is 9.87. The number of nitrogens with one attached hydrogen (secondary N) is 1. The van der Waals surface area contributed by atoms with Crippen LogP contribution in [-0.4, -0.2) is 8.42 Å². The second kappa shape index (κ2) is 6.65. The molecule has 0 aliphatic rings. The number of rotatable bonds is 4. The maximum atomic E-state index is 12.6. The molecule has 0 fully saturated rings. The largest absolute Gasteiger partial charge is 0.280 e. The number of sulfonamides is 1. The highest BCUT2D eigenvalue weighted by Gasteiger charge is 2.19. The number of benzene rings is 2. The van der Waals surface area contributed by atoms with E-state index < -0.39 is 10.0 Å². The second-order valence-electron chi connectivity index (χ2n) is 6.54. The molecule has 0 bridgehead atoms. The van der Waals surface area contributed by atoms with Gasteiger partial charge in [0.25, 0.3) is 10.0 Å². The zero-order valence-electron chi connectivity index (χ0n) is 13.9. The first-order valence-electron chi connectivity index (χ1n) is 7.55. The normalized spacial score (nSPS) is 12.2. The fourth-order valence-electron chi connectivity index (χ4n) is 2.33. The van der Waals surface area contributed by atoms with E-state index in [9.17, 15) is 8.42 Å². The minimum Gasteiger partial charge on any atom is -0.280 e. The minimum absolute atomic E-state index is 0.0402. The van der Waals surface area contributed by atoms with Gasteiger partial charge in [-0.15, -0.1) is 0 Å². The van der Waals surface area contributed by atoms with Crippen LogP contribution >= 0.6 is 15.9 Å². The van der Waals surface area contributed by atoms with Crippen LogP contribution in [0.3, 0.4) is 0 Å². The predicted molar refractivity (Wildman–Crippen MR) is 99.5 cm³/mol. The van der Waals surface area contributed by atoms with Crippen molar-refractivity contribution in [3.05, 3.63) is 58.1 Å². The predicted octanol–water partition coefficient (Wildman–Crippen LogP) is 5.11. The Morgan fingerprint density at radius 2 is 1.65 bits per heavy atom. The lowest BCUT2D eigenvalue weighted by Gasteiger charge is -2.19. The van der Waals surface area contributed by atoms with E-state index in [1.165, 1.54) is 5.56 Å². The zero-order valence-corrected chi connectivity index (χ0v) is 16.3. The average molecular weight is 396 g/mol. The summed E-state index contributed by atoms with van der Waals surface area (Å²) in [5.74, 6) is 0. The van der Waals surface area contributed by atoms with Crippen molar-refractivity contribution in [2.45, 2.75) is 44.4 Å². The fourth-order valence-corrected chi connectivity index (χ4v) is 4.10. The van der Waals surface area contributed by atoms with Gasteiger partial charge in [-0.05, 0) is 53.3 Å². The second-order valence-corrected chi connectivity index (χ2v) is 9.10. The van der Waals surface area contributed by atoms with E-state index in [1.54, 1.807) is 12.1 Å². The first-order chi connectivity index (χ1) is 10.6. The van der Waals surface area contributed by atoms with Crippen LogP contribution in [0.5, 0.6) is 0 Å². The van der Waals surface area contributed by atoms with Gasteiger partial charge in [-0.3, -0.25) is 4.72 Å². The molecule has 0 aliphatic carbocycles. The molecule has 0 amide bonds. The number of halogens is 1. The van der Waals surface area contributed by atoms with Gasteiger partial charge in [0.2, 0.25) is 0 Å². The van der Waals surface area contributed by atoms with Gasteiger partial charge < -0.3 is 0 Å². The summed E-state index contributed by atoms with van der Waals surface area (Å²) >= 11 is 3.38. The van der Waals surface area contributed by atoms with Crippen LogP contribution in [0.15, 0.2) is 51.8 Å². The van der Waals surface area contributed by atoms with E-state index in [0.29, 0.717) is 17.0 Å². The highest BCUT2D eigenvalue weighted by molar-refractivity contribution is 9.10. The summed E-state index contributed by atoms with van der Waals surface area (Å²) in [6, 6.07) is 12.8. The van der Waals surface area contributed by atoms with Gasteiger partial charge in [-0.25, -0.2) is 8.42 Å². The highest BCUT2D eigenvalue weighted by Crippen LogP contribution is 2.26. The molecule has 0 aliphatic heterocycles.